The number of phenols is 1. The zero-order valence-electron chi connectivity index (χ0n) is 17.9. The molecule has 3 N–H and O–H groups in total. The van der Waals surface area contributed by atoms with E-state index in [1.54, 1.807) is 42.5 Å². The number of carbonyl (C=O) groups excluding carboxylic acids is 2. The smallest absolute Gasteiger partial charge is 0.255 e. The van der Waals surface area contributed by atoms with Crippen molar-refractivity contribution in [2.45, 2.75) is 13.3 Å². The normalized spacial score (nSPS) is 14.6. The highest BCUT2D eigenvalue weighted by atomic mass is 32.2. The molecule has 1 aliphatic heterocycles. The minimum atomic E-state index is -3.40. The molecule has 3 aromatic carbocycles. The molecule has 9 heteroatoms. The molecule has 8 nitrogen and oxygen atoms in total. The van der Waals surface area contributed by atoms with E-state index in [-0.39, 0.29) is 28.7 Å². The van der Waals surface area contributed by atoms with Gasteiger partial charge >= 0.3 is 0 Å². The average Bonchev–Trinajstić information content (AvgIpc) is 3.16. The molecular formula is C24H23N3O5S. The summed E-state index contributed by atoms with van der Waals surface area (Å²) in [6.07, 6.45) is 0.520. The van der Waals surface area contributed by atoms with Crippen LogP contribution in [0.4, 0.5) is 17.1 Å². The Morgan fingerprint density at radius 1 is 0.879 bits per heavy atom. The summed E-state index contributed by atoms with van der Waals surface area (Å²) in [6.45, 7) is 2.16. The van der Waals surface area contributed by atoms with Gasteiger partial charge in [0.05, 0.1) is 17.1 Å². The number of aryl methyl sites for hydroxylation is 1. The van der Waals surface area contributed by atoms with Crippen molar-refractivity contribution in [3.63, 3.8) is 0 Å². The lowest BCUT2D eigenvalue weighted by molar-refractivity contribution is 0.101. The third-order valence-electron chi connectivity index (χ3n) is 5.40. The number of anilines is 3. The second-order valence-corrected chi connectivity index (χ2v) is 9.76. The molecule has 170 valence electrons. The number of sulfonamides is 1. The van der Waals surface area contributed by atoms with Crippen molar-refractivity contribution in [3.8, 4) is 5.75 Å². The number of amides is 2. The Bertz CT molecular complexity index is 1320. The highest BCUT2D eigenvalue weighted by Crippen LogP contribution is 2.32. The number of hydrogen-bond acceptors (Lipinski definition) is 5. The van der Waals surface area contributed by atoms with Gasteiger partial charge in [0.2, 0.25) is 10.0 Å². The first-order valence-corrected chi connectivity index (χ1v) is 12.0. The van der Waals surface area contributed by atoms with Crippen LogP contribution in [0.1, 0.15) is 32.7 Å². The molecule has 0 unspecified atom stereocenters. The third-order valence-corrected chi connectivity index (χ3v) is 7.27. The minimum absolute atomic E-state index is 0.0659. The molecule has 2 amide bonds. The van der Waals surface area contributed by atoms with E-state index >= 15 is 0 Å². The number of rotatable bonds is 5. The molecule has 0 bridgehead atoms. The number of nitrogens with zero attached hydrogens (tertiary/aromatic N) is 1. The molecule has 0 aliphatic carbocycles. The topological polar surface area (TPSA) is 116 Å². The van der Waals surface area contributed by atoms with E-state index in [0.717, 1.165) is 5.56 Å². The molecule has 1 saturated heterocycles. The second kappa shape index (κ2) is 8.95. The first-order chi connectivity index (χ1) is 15.7. The Morgan fingerprint density at radius 3 is 2.27 bits per heavy atom. The summed E-state index contributed by atoms with van der Waals surface area (Å²) in [5.41, 5.74) is 2.49. The molecule has 4 rings (SSSR count). The lowest BCUT2D eigenvalue weighted by Crippen LogP contribution is -2.25. The van der Waals surface area contributed by atoms with Crippen molar-refractivity contribution in [1.82, 2.24) is 0 Å². The van der Waals surface area contributed by atoms with Gasteiger partial charge in [-0.15, -0.1) is 0 Å². The molecule has 0 aromatic heterocycles. The number of phenolic OH excluding ortho intramolecular Hbond substituents is 1. The Morgan fingerprint density at radius 2 is 1.58 bits per heavy atom. The van der Waals surface area contributed by atoms with Crippen molar-refractivity contribution in [1.29, 1.82) is 0 Å². The fraction of sp³-hybridized carbons (Fsp3) is 0.167. The van der Waals surface area contributed by atoms with Crippen LogP contribution in [0.15, 0.2) is 66.7 Å². The van der Waals surface area contributed by atoms with Gasteiger partial charge in [-0.25, -0.2) is 8.42 Å². The largest absolute Gasteiger partial charge is 0.506 e. The molecule has 0 atom stereocenters. The van der Waals surface area contributed by atoms with Gasteiger partial charge in [0.1, 0.15) is 5.75 Å². The van der Waals surface area contributed by atoms with Crippen LogP contribution in [-0.4, -0.2) is 37.6 Å². The summed E-state index contributed by atoms with van der Waals surface area (Å²) in [4.78, 5) is 25.4. The third kappa shape index (κ3) is 4.83. The van der Waals surface area contributed by atoms with Crippen molar-refractivity contribution in [2.24, 2.45) is 0 Å². The average molecular weight is 466 g/mol. The second-order valence-electron chi connectivity index (χ2n) is 7.75. The zero-order valence-corrected chi connectivity index (χ0v) is 18.7. The van der Waals surface area contributed by atoms with E-state index < -0.39 is 15.9 Å². The highest BCUT2D eigenvalue weighted by Gasteiger charge is 2.29. The Kier molecular flexibility index (Phi) is 6.06. The fourth-order valence-corrected chi connectivity index (χ4v) is 5.14. The number of nitrogens with one attached hydrogen (secondary N) is 2. The number of carbonyl (C=O) groups is 2. The van der Waals surface area contributed by atoms with Crippen LogP contribution >= 0.6 is 0 Å². The van der Waals surface area contributed by atoms with E-state index in [2.05, 4.69) is 10.6 Å². The highest BCUT2D eigenvalue weighted by molar-refractivity contribution is 7.93. The maximum Gasteiger partial charge on any atom is 0.255 e. The van der Waals surface area contributed by atoms with Crippen LogP contribution in [-0.2, 0) is 10.0 Å². The van der Waals surface area contributed by atoms with Crippen LogP contribution in [0, 0.1) is 6.92 Å². The van der Waals surface area contributed by atoms with E-state index in [9.17, 15) is 23.1 Å². The molecule has 1 fully saturated rings. The van der Waals surface area contributed by atoms with Gasteiger partial charge in [-0.05, 0) is 61.4 Å². The maximum atomic E-state index is 12.9. The number of aromatic hydroxyl groups is 1. The summed E-state index contributed by atoms with van der Waals surface area (Å²) in [7, 11) is -3.40. The molecular weight excluding hydrogens is 442 g/mol. The first kappa shape index (κ1) is 22.3. The molecule has 0 spiro atoms. The summed E-state index contributed by atoms with van der Waals surface area (Å²) >= 11 is 0. The quantitative estimate of drug-likeness (QED) is 0.497. The van der Waals surface area contributed by atoms with E-state index in [4.69, 9.17) is 0 Å². The standard InChI is InChI=1S/C24H23N3O5S/c1-16-8-9-18(14-20(16)25-23(29)17-6-3-2-4-7-17)24(30)26-21-15-19(10-11-22(21)28)27-12-5-13-33(27,31)32/h2-4,6-11,14-15,28H,5,12-13H2,1H3,(H,25,29)(H,26,30). The molecule has 0 radical (unpaired) electrons. The van der Waals surface area contributed by atoms with E-state index in [1.165, 1.54) is 22.5 Å². The molecule has 0 saturated carbocycles. The van der Waals surface area contributed by atoms with Crippen molar-refractivity contribution in [2.75, 3.05) is 27.2 Å². The molecule has 1 heterocycles. The predicted molar refractivity (Wildman–Crippen MR) is 127 cm³/mol. The first-order valence-electron chi connectivity index (χ1n) is 10.4. The van der Waals surface area contributed by atoms with Gasteiger partial charge in [0, 0.05) is 23.4 Å². The summed E-state index contributed by atoms with van der Waals surface area (Å²) < 4.78 is 25.7. The summed E-state index contributed by atoms with van der Waals surface area (Å²) in [5, 5.41) is 15.6. The van der Waals surface area contributed by atoms with Crippen LogP contribution in [0.2, 0.25) is 0 Å². The lowest BCUT2D eigenvalue weighted by atomic mass is 10.1. The van der Waals surface area contributed by atoms with Crippen LogP contribution in [0.3, 0.4) is 0 Å². The maximum absolute atomic E-state index is 12.9. The molecule has 1 aliphatic rings. The van der Waals surface area contributed by atoms with Crippen molar-refractivity contribution in [3.05, 3.63) is 83.4 Å². The van der Waals surface area contributed by atoms with Crippen LogP contribution in [0.25, 0.3) is 0 Å². The van der Waals surface area contributed by atoms with Gasteiger partial charge in [0.15, 0.2) is 0 Å². The van der Waals surface area contributed by atoms with E-state index in [0.29, 0.717) is 29.9 Å². The monoisotopic (exact) mass is 465 g/mol. The summed E-state index contributed by atoms with van der Waals surface area (Å²) in [5.74, 6) is -0.931. The van der Waals surface area contributed by atoms with Gasteiger partial charge in [-0.2, -0.15) is 0 Å². The van der Waals surface area contributed by atoms with Crippen LogP contribution < -0.4 is 14.9 Å². The molecule has 3 aromatic rings. The molecule has 33 heavy (non-hydrogen) atoms. The Balaban J connectivity index is 1.55. The fourth-order valence-electron chi connectivity index (χ4n) is 3.59. The van der Waals surface area contributed by atoms with Crippen molar-refractivity contribution < 1.29 is 23.1 Å². The Labute approximate surface area is 191 Å². The Hall–Kier alpha value is -3.85. The predicted octanol–water partition coefficient (Wildman–Crippen LogP) is 3.75. The number of hydrogen-bond donors (Lipinski definition) is 3. The minimum Gasteiger partial charge on any atom is -0.506 e. The number of benzene rings is 3. The zero-order chi connectivity index (χ0) is 23.6. The summed E-state index contributed by atoms with van der Waals surface area (Å²) in [6, 6.07) is 17.9. The van der Waals surface area contributed by atoms with E-state index in [1.807, 2.05) is 13.0 Å². The lowest BCUT2D eigenvalue weighted by Gasteiger charge is -2.18. The van der Waals surface area contributed by atoms with Gasteiger partial charge in [-0.3, -0.25) is 13.9 Å². The van der Waals surface area contributed by atoms with Crippen LogP contribution in [0.5, 0.6) is 5.75 Å². The van der Waals surface area contributed by atoms with Gasteiger partial charge in [0.25, 0.3) is 11.8 Å². The SMILES string of the molecule is Cc1ccc(C(=O)Nc2cc(N3CCCS3(=O)=O)ccc2O)cc1NC(=O)c1ccccc1. The van der Waals surface area contributed by atoms with Gasteiger partial charge in [-0.1, -0.05) is 24.3 Å². The van der Waals surface area contributed by atoms with Crippen molar-refractivity contribution >= 4 is 38.9 Å². The van der Waals surface area contributed by atoms with Gasteiger partial charge < -0.3 is 15.7 Å².